The van der Waals surface area contributed by atoms with Crippen molar-refractivity contribution in [1.29, 1.82) is 0 Å². The van der Waals surface area contributed by atoms with Gasteiger partial charge in [0.1, 0.15) is 17.5 Å². The van der Waals surface area contributed by atoms with Crippen LogP contribution < -0.4 is 15.4 Å². The molecule has 0 saturated heterocycles. The summed E-state index contributed by atoms with van der Waals surface area (Å²) in [5, 5.41) is 16.7. The number of hydrogen-bond acceptors (Lipinski definition) is 3. The number of aromatic hydroxyl groups is 1. The third-order valence-corrected chi connectivity index (χ3v) is 4.79. The summed E-state index contributed by atoms with van der Waals surface area (Å²) in [6, 6.07) is 13.2. The van der Waals surface area contributed by atoms with Crippen LogP contribution in [0.25, 0.3) is 5.70 Å². The zero-order valence-electron chi connectivity index (χ0n) is 14.7. The minimum atomic E-state index is -0.00977. The van der Waals surface area contributed by atoms with Gasteiger partial charge in [0.25, 0.3) is 0 Å². The number of benzene rings is 2. The van der Waals surface area contributed by atoms with Crippen molar-refractivity contribution in [3.8, 4) is 11.5 Å². The van der Waals surface area contributed by atoms with Crippen LogP contribution in [0.2, 0.25) is 5.02 Å². The van der Waals surface area contributed by atoms with Gasteiger partial charge in [-0.1, -0.05) is 25.4 Å². The zero-order valence-corrected chi connectivity index (χ0v) is 15.4. The van der Waals surface area contributed by atoms with Crippen molar-refractivity contribution in [2.24, 2.45) is 5.92 Å². The van der Waals surface area contributed by atoms with E-state index in [2.05, 4.69) is 30.6 Å². The van der Waals surface area contributed by atoms with Gasteiger partial charge in [0.2, 0.25) is 0 Å². The van der Waals surface area contributed by atoms with Crippen LogP contribution in [0.1, 0.15) is 31.0 Å². The van der Waals surface area contributed by atoms with Crippen LogP contribution in [0.5, 0.6) is 11.5 Å². The molecule has 0 saturated carbocycles. The second kappa shape index (κ2) is 7.38. The lowest BCUT2D eigenvalue weighted by molar-refractivity contribution is -0.729. The maximum absolute atomic E-state index is 10.3. The van der Waals surface area contributed by atoms with E-state index in [1.54, 1.807) is 19.2 Å². The van der Waals surface area contributed by atoms with Crippen molar-refractivity contribution >= 4 is 17.3 Å². The molecule has 25 heavy (non-hydrogen) atoms. The van der Waals surface area contributed by atoms with Gasteiger partial charge in [-0.3, -0.25) is 0 Å². The first-order valence-corrected chi connectivity index (χ1v) is 8.82. The number of nitrogens with one attached hydrogen (secondary N) is 1. The van der Waals surface area contributed by atoms with Gasteiger partial charge in [-0.2, -0.15) is 0 Å². The van der Waals surface area contributed by atoms with Crippen LogP contribution in [-0.2, 0) is 0 Å². The summed E-state index contributed by atoms with van der Waals surface area (Å²) in [6.07, 6.45) is 2.33. The van der Waals surface area contributed by atoms with Crippen molar-refractivity contribution < 1.29 is 15.2 Å². The van der Waals surface area contributed by atoms with Crippen molar-refractivity contribution in [3.05, 3.63) is 64.7 Å². The Kier molecular flexibility index (Phi) is 5.21. The molecule has 0 radical (unpaired) electrons. The van der Waals surface area contributed by atoms with Gasteiger partial charge in [-0.15, -0.1) is 0 Å². The minimum Gasteiger partial charge on any atom is -0.507 e. The Morgan fingerprint density at radius 2 is 1.88 bits per heavy atom. The Morgan fingerprint density at radius 3 is 2.52 bits per heavy atom. The summed E-state index contributed by atoms with van der Waals surface area (Å²) < 4.78 is 5.24. The summed E-state index contributed by atoms with van der Waals surface area (Å²) in [4.78, 5) is 0. The number of halogens is 1. The molecule has 5 heteroatoms. The predicted molar refractivity (Wildman–Crippen MR) is 101 cm³/mol. The molecule has 2 atom stereocenters. The number of quaternary nitrogens is 1. The van der Waals surface area contributed by atoms with E-state index in [0.29, 0.717) is 10.9 Å². The molecule has 4 nitrogen and oxygen atoms in total. The Morgan fingerprint density at radius 1 is 1.16 bits per heavy atom. The van der Waals surface area contributed by atoms with Crippen LogP contribution in [0.3, 0.4) is 0 Å². The van der Waals surface area contributed by atoms with Crippen molar-refractivity contribution in [1.82, 2.24) is 5.32 Å². The highest BCUT2D eigenvalue weighted by Gasteiger charge is 2.30. The number of methoxy groups -OCH3 is 1. The Bertz CT molecular complexity index is 772. The normalized spacial score (nSPS) is 20.1. The number of rotatable bonds is 4. The molecule has 1 aliphatic rings. The molecule has 3 rings (SSSR count). The maximum atomic E-state index is 10.3. The van der Waals surface area contributed by atoms with E-state index in [1.165, 1.54) is 0 Å². The average molecular weight is 360 g/mol. The second-order valence-electron chi connectivity index (χ2n) is 6.64. The smallest absolute Gasteiger partial charge is 0.162 e. The molecule has 0 aliphatic carbocycles. The minimum absolute atomic E-state index is 0.00977. The number of ether oxygens (including phenoxy) is 1. The number of hydrogen-bond donors (Lipinski definition) is 3. The van der Waals surface area contributed by atoms with Gasteiger partial charge in [0.05, 0.1) is 12.7 Å². The first-order chi connectivity index (χ1) is 12.0. The lowest BCUT2D eigenvalue weighted by Crippen LogP contribution is -2.96. The molecule has 0 bridgehead atoms. The molecule has 0 fully saturated rings. The molecule has 0 spiro atoms. The summed E-state index contributed by atoms with van der Waals surface area (Å²) in [7, 11) is 1.66. The second-order valence-corrected chi connectivity index (χ2v) is 7.08. The summed E-state index contributed by atoms with van der Waals surface area (Å²) in [6.45, 7) is 4.36. The van der Waals surface area contributed by atoms with Crippen LogP contribution in [0.4, 0.5) is 0 Å². The van der Waals surface area contributed by atoms with E-state index in [1.807, 2.05) is 30.3 Å². The molecule has 1 heterocycles. The van der Waals surface area contributed by atoms with E-state index in [-0.39, 0.29) is 18.0 Å². The fourth-order valence-corrected chi connectivity index (χ4v) is 3.24. The zero-order chi connectivity index (χ0) is 18.0. The van der Waals surface area contributed by atoms with Crippen LogP contribution >= 0.6 is 11.6 Å². The standard InChI is InChI=1S/C20H23ClN2O2/c1-12(2)20-22-17(13-4-7-15(25-3)8-5-13)11-18(23-20)16-10-14(21)6-9-19(16)24/h4-12,18,20,22-24H,1-3H3/p+1. The molecule has 1 aliphatic heterocycles. The van der Waals surface area contributed by atoms with Gasteiger partial charge >= 0.3 is 0 Å². The lowest BCUT2D eigenvalue weighted by Gasteiger charge is -2.32. The average Bonchev–Trinajstić information content (AvgIpc) is 2.63. The molecular formula is C20H24ClN2O2+. The van der Waals surface area contributed by atoms with Crippen LogP contribution in [0.15, 0.2) is 48.5 Å². The quantitative estimate of drug-likeness (QED) is 0.785. The molecule has 0 amide bonds. The highest BCUT2D eigenvalue weighted by Crippen LogP contribution is 2.30. The summed E-state index contributed by atoms with van der Waals surface area (Å²) in [5.74, 6) is 1.52. The lowest BCUT2D eigenvalue weighted by atomic mass is 9.97. The molecule has 2 unspecified atom stereocenters. The van der Waals surface area contributed by atoms with Crippen molar-refractivity contribution in [2.75, 3.05) is 7.11 Å². The van der Waals surface area contributed by atoms with E-state index < -0.39 is 0 Å². The van der Waals surface area contributed by atoms with E-state index in [9.17, 15) is 5.11 Å². The first kappa shape index (κ1) is 17.6. The largest absolute Gasteiger partial charge is 0.507 e. The monoisotopic (exact) mass is 359 g/mol. The maximum Gasteiger partial charge on any atom is 0.162 e. The van der Waals surface area contributed by atoms with Crippen molar-refractivity contribution in [3.63, 3.8) is 0 Å². The molecule has 132 valence electrons. The molecule has 2 aromatic carbocycles. The molecule has 0 aromatic heterocycles. The predicted octanol–water partition coefficient (Wildman–Crippen LogP) is 3.29. The van der Waals surface area contributed by atoms with Gasteiger partial charge in [0, 0.05) is 22.7 Å². The molecular weight excluding hydrogens is 336 g/mol. The number of phenolic OH excluding ortho intramolecular Hbond substituents is 1. The SMILES string of the molecule is COc1ccc(C2=CC(c3cc(Cl)ccc3O)[NH2+]C(C(C)C)N2)cc1. The number of phenols is 1. The molecule has 2 aromatic rings. The van der Waals surface area contributed by atoms with E-state index in [0.717, 1.165) is 22.6 Å². The van der Waals surface area contributed by atoms with Gasteiger partial charge in [-0.05, 0) is 48.0 Å². The topological polar surface area (TPSA) is 58.1 Å². The first-order valence-electron chi connectivity index (χ1n) is 8.44. The van der Waals surface area contributed by atoms with Crippen LogP contribution in [0, 0.1) is 5.92 Å². The highest BCUT2D eigenvalue weighted by molar-refractivity contribution is 6.30. The third-order valence-electron chi connectivity index (χ3n) is 4.55. The van der Waals surface area contributed by atoms with E-state index in [4.69, 9.17) is 16.3 Å². The Hall–Kier alpha value is -2.17. The van der Waals surface area contributed by atoms with Gasteiger partial charge in [-0.25, -0.2) is 0 Å². The highest BCUT2D eigenvalue weighted by atomic mass is 35.5. The Labute approximate surface area is 153 Å². The summed E-state index contributed by atoms with van der Waals surface area (Å²) >= 11 is 6.15. The van der Waals surface area contributed by atoms with Gasteiger partial charge < -0.3 is 20.5 Å². The number of nitrogens with two attached hydrogens (primary N) is 1. The van der Waals surface area contributed by atoms with Crippen molar-refractivity contribution in [2.45, 2.75) is 26.1 Å². The van der Waals surface area contributed by atoms with E-state index >= 15 is 0 Å². The van der Waals surface area contributed by atoms with Gasteiger partial charge in [0.15, 0.2) is 6.17 Å². The Balaban J connectivity index is 2.00. The third kappa shape index (κ3) is 3.91. The van der Waals surface area contributed by atoms with Crippen LogP contribution in [-0.4, -0.2) is 18.4 Å². The molecule has 4 N–H and O–H groups in total. The summed E-state index contributed by atoms with van der Waals surface area (Å²) in [5.41, 5.74) is 2.96. The fraction of sp³-hybridized carbons (Fsp3) is 0.300. The fourth-order valence-electron chi connectivity index (χ4n) is 3.06.